The van der Waals surface area contributed by atoms with Gasteiger partial charge in [0.15, 0.2) is 11.3 Å². The molecular weight excluding hydrogens is 807 g/mol. The lowest BCUT2D eigenvalue weighted by Gasteiger charge is -2.35. The van der Waals surface area contributed by atoms with E-state index in [1.807, 2.05) is 25.1 Å². The molecule has 5 heterocycles. The van der Waals surface area contributed by atoms with E-state index < -0.39 is 41.1 Å². The van der Waals surface area contributed by atoms with Crippen molar-refractivity contribution < 1.29 is 47.6 Å². The fourth-order valence-electron chi connectivity index (χ4n) is 9.36. The third-order valence-electron chi connectivity index (χ3n) is 12.7. The van der Waals surface area contributed by atoms with Crippen molar-refractivity contribution in [2.45, 2.75) is 111 Å². The van der Waals surface area contributed by atoms with Gasteiger partial charge in [-0.3, -0.25) is 19.2 Å². The van der Waals surface area contributed by atoms with Crippen molar-refractivity contribution in [2.24, 2.45) is 17.8 Å². The highest BCUT2D eigenvalue weighted by atomic mass is 16.7. The van der Waals surface area contributed by atoms with Gasteiger partial charge in [-0.2, -0.15) is 0 Å². The molecule has 1 saturated heterocycles. The summed E-state index contributed by atoms with van der Waals surface area (Å²) in [6.45, 7) is 14.1. The number of ketones is 1. The van der Waals surface area contributed by atoms with E-state index in [1.165, 1.54) is 20.1 Å². The molecule has 0 saturated carbocycles. The number of anilines is 1. The number of aromatic nitrogens is 1. The highest BCUT2D eigenvalue weighted by Gasteiger charge is 2.50. The zero-order chi connectivity index (χ0) is 45.3. The minimum Gasteiger partial charge on any atom is -0.492 e. The van der Waals surface area contributed by atoms with E-state index in [0.717, 1.165) is 32.9 Å². The third kappa shape index (κ3) is 8.80. The van der Waals surface area contributed by atoms with E-state index in [4.69, 9.17) is 38.2 Å². The summed E-state index contributed by atoms with van der Waals surface area (Å²) < 4.78 is 38.8. The number of hydrogen-bond acceptors (Lipinski definition) is 13. The minimum atomic E-state index is -1.82. The number of ether oxygens (including phenoxy) is 5. The van der Waals surface area contributed by atoms with Crippen LogP contribution in [0, 0.1) is 24.7 Å². The van der Waals surface area contributed by atoms with E-state index >= 15 is 4.79 Å². The Bertz CT molecular complexity index is 2540. The number of rotatable bonds is 5. The second kappa shape index (κ2) is 18.5. The number of amides is 1. The molecule has 2 aromatic rings. The lowest BCUT2D eigenvalue weighted by Crippen LogP contribution is -2.42. The van der Waals surface area contributed by atoms with Gasteiger partial charge in [0.1, 0.15) is 53.0 Å². The Morgan fingerprint density at radius 1 is 1.10 bits per heavy atom. The van der Waals surface area contributed by atoms with Gasteiger partial charge in [0.25, 0.3) is 11.7 Å². The van der Waals surface area contributed by atoms with Crippen molar-refractivity contribution in [1.82, 2.24) is 9.88 Å². The first-order valence-corrected chi connectivity index (χ1v) is 21.9. The van der Waals surface area contributed by atoms with E-state index in [-0.39, 0.29) is 68.8 Å². The summed E-state index contributed by atoms with van der Waals surface area (Å²) in [5, 5.41) is 10.0. The van der Waals surface area contributed by atoms with Crippen LogP contribution in [0.4, 0.5) is 5.69 Å². The zero-order valence-corrected chi connectivity index (χ0v) is 37.7. The van der Waals surface area contributed by atoms with E-state index in [9.17, 15) is 14.4 Å². The molecule has 1 amide bonds. The van der Waals surface area contributed by atoms with Crippen LogP contribution in [0.15, 0.2) is 63.6 Å². The average molecular weight is 866 g/mol. The van der Waals surface area contributed by atoms with Crippen molar-refractivity contribution in [3.63, 3.8) is 0 Å². The van der Waals surface area contributed by atoms with Gasteiger partial charge in [0.05, 0.1) is 17.2 Å². The monoisotopic (exact) mass is 865 g/mol. The lowest BCUT2D eigenvalue weighted by molar-refractivity contribution is -0.156. The van der Waals surface area contributed by atoms with Crippen molar-refractivity contribution in [3.05, 3.63) is 75.7 Å². The van der Waals surface area contributed by atoms with Crippen molar-refractivity contribution in [2.75, 3.05) is 32.6 Å². The topological polar surface area (TPSA) is 176 Å². The van der Waals surface area contributed by atoms with Crippen LogP contribution in [0.25, 0.3) is 33.3 Å². The number of Topliss-reactive ketones (excluding diaryl/α,β-unsaturated/α-hetero) is 1. The first-order chi connectivity index (χ1) is 30.2. The second-order valence-corrected chi connectivity index (χ2v) is 17.5. The Kier molecular flexibility index (Phi) is 13.3. The van der Waals surface area contributed by atoms with Crippen LogP contribution >= 0.6 is 0 Å². The Hall–Kier alpha value is -5.73. The number of allylic oxidation sites excluding steroid dienone is 4. The Labute approximate surface area is 367 Å². The number of benzene rings is 3. The van der Waals surface area contributed by atoms with Gasteiger partial charge >= 0.3 is 11.8 Å². The molecule has 0 aromatic heterocycles. The highest BCUT2D eigenvalue weighted by molar-refractivity contribution is 6.22. The van der Waals surface area contributed by atoms with E-state index in [0.29, 0.717) is 53.9 Å². The molecule has 336 valence electrons. The van der Waals surface area contributed by atoms with Gasteiger partial charge in [-0.05, 0) is 96.0 Å². The summed E-state index contributed by atoms with van der Waals surface area (Å²) in [6.07, 6.45) is 11.8. The summed E-state index contributed by atoms with van der Waals surface area (Å²) in [4.78, 5) is 64.5. The maximum absolute atomic E-state index is 15.4. The van der Waals surface area contributed by atoms with Gasteiger partial charge in [0.2, 0.25) is 5.43 Å². The van der Waals surface area contributed by atoms with Crippen LogP contribution in [0.2, 0.25) is 0 Å². The van der Waals surface area contributed by atoms with Gasteiger partial charge < -0.3 is 43.4 Å². The maximum Gasteiger partial charge on any atom is 0.312 e. The number of aliphatic hydroxyl groups is 1. The summed E-state index contributed by atoms with van der Waals surface area (Å²) in [6, 6.07) is 5.57. The number of nitrogens with zero attached hydrogens (tertiary/aromatic N) is 2. The molecule has 6 aliphatic rings. The number of carbonyl (C=O) groups excluding carboxylic acids is 3. The predicted octanol–water partition coefficient (Wildman–Crippen LogP) is 8.27. The van der Waals surface area contributed by atoms with E-state index in [1.54, 1.807) is 38.1 Å². The normalized spacial score (nSPS) is 28.2. The van der Waals surface area contributed by atoms with Crippen LogP contribution in [-0.2, 0) is 19.1 Å². The standard InChI is InChI=1S/C48H55N3O10.CH4O/c1-9-30-15-12-20-57-48(7)46(54)38-36-37-41(53)40(45-39(36)49-33-18-17-32(23-34(33)59-45)56-24-31-16-11-19-51(31)8)50-47(55)27(4)14-10-13-25(2)21-26(3)22-35(44(30)58-29(6)52)60-42(37)28(5)43(38)61-48;1-2/h10,12-14,17-18,20,23,25-26,30-31,35,44H,9,11,15-16,19,21-22,24H2,1-8H3,(H,50,55);2H,1H3/b13-10+,20-12+,27-14-;/t25?,26-,30-,31?,35?,44?,48+;/m1./s1. The zero-order valence-electron chi connectivity index (χ0n) is 37.7. The molecule has 63 heavy (non-hydrogen) atoms. The SMILES string of the molecule is CC[C@@H]1C/C=C/O[C@@]2(C)Oc3c(C)c4c5c(=O)c(c6oc7cc(OCC8CCCN8C)ccc7nc-6c5c3C2=O)NC(=O)/C(C)=C\C=C\C(C)C[C@@H](C)CC(O4)C1OC(C)=O.CO. The smallest absolute Gasteiger partial charge is 0.312 e. The largest absolute Gasteiger partial charge is 0.492 e. The number of hydrogen-bond donors (Lipinski definition) is 2. The molecule has 14 heteroatoms. The maximum atomic E-state index is 15.4. The molecule has 0 radical (unpaired) electrons. The van der Waals surface area contributed by atoms with Crippen LogP contribution in [0.3, 0.4) is 0 Å². The Balaban J connectivity index is 0.00000293. The Morgan fingerprint density at radius 3 is 2.59 bits per heavy atom. The summed E-state index contributed by atoms with van der Waals surface area (Å²) in [5.41, 5.74) is 0.822. The fourth-order valence-corrected chi connectivity index (χ4v) is 9.36. The molecule has 14 nitrogen and oxygen atoms in total. The number of likely N-dealkylation sites (tertiary alicyclic amines) is 1. The van der Waals surface area contributed by atoms with Crippen molar-refractivity contribution >= 4 is 45.2 Å². The van der Waals surface area contributed by atoms with Gasteiger partial charge in [0, 0.05) is 55.5 Å². The molecule has 0 spiro atoms. The molecule has 1 aliphatic carbocycles. The fraction of sp³-hybridized carbons (Fsp3) is 0.490. The molecule has 2 N–H and O–H groups in total. The first-order valence-electron chi connectivity index (χ1n) is 21.9. The van der Waals surface area contributed by atoms with Crippen LogP contribution < -0.4 is 25.0 Å². The number of nitrogens with one attached hydrogen (secondary N) is 1. The first kappa shape index (κ1) is 45.3. The molecule has 5 aliphatic heterocycles. The molecule has 7 atom stereocenters. The molecule has 1 fully saturated rings. The predicted molar refractivity (Wildman–Crippen MR) is 239 cm³/mol. The summed E-state index contributed by atoms with van der Waals surface area (Å²) >= 11 is 0. The third-order valence-corrected chi connectivity index (χ3v) is 12.7. The molecule has 6 bridgehead atoms. The quantitative estimate of drug-likeness (QED) is 0.112. The van der Waals surface area contributed by atoms with Crippen molar-refractivity contribution in [3.8, 4) is 28.7 Å². The number of carbonyl (C=O) groups is 3. The summed E-state index contributed by atoms with van der Waals surface area (Å²) in [5.74, 6) is -2.58. The molecule has 4 unspecified atom stereocenters. The van der Waals surface area contributed by atoms with Gasteiger partial charge in [-0.1, -0.05) is 39.0 Å². The number of fused-ring (bicyclic) bond motifs is 8. The summed E-state index contributed by atoms with van der Waals surface area (Å²) in [7, 11) is 3.09. The second-order valence-electron chi connectivity index (χ2n) is 17.5. The lowest BCUT2D eigenvalue weighted by atomic mass is 9.85. The molecule has 8 rings (SSSR count). The van der Waals surface area contributed by atoms with Crippen molar-refractivity contribution in [1.29, 1.82) is 0 Å². The molecular formula is C49H59N3O11. The van der Waals surface area contributed by atoms with Gasteiger partial charge in [-0.15, -0.1) is 0 Å². The highest BCUT2D eigenvalue weighted by Crippen LogP contribution is 2.51. The van der Waals surface area contributed by atoms with E-state index in [2.05, 4.69) is 31.1 Å². The number of aliphatic hydroxyl groups excluding tert-OH is 1. The average Bonchev–Trinajstić information content (AvgIpc) is 3.79. The van der Waals surface area contributed by atoms with Gasteiger partial charge in [-0.25, -0.2) is 4.98 Å². The number of likely N-dealkylation sites (N-methyl/N-ethyl adjacent to an activating group) is 1. The minimum absolute atomic E-state index is 0.00445. The molecule has 2 aromatic carbocycles. The Morgan fingerprint density at radius 2 is 1.87 bits per heavy atom. The van der Waals surface area contributed by atoms with Crippen LogP contribution in [0.1, 0.15) is 96.0 Å². The van der Waals surface area contributed by atoms with Crippen LogP contribution in [-0.4, -0.2) is 84.0 Å². The number of esters is 1. The van der Waals surface area contributed by atoms with Crippen LogP contribution in [0.5, 0.6) is 17.2 Å².